The van der Waals surface area contributed by atoms with Crippen LogP contribution in [0.15, 0.2) is 42.2 Å². The molecule has 2 saturated heterocycles. The van der Waals surface area contributed by atoms with E-state index in [1.165, 1.54) is 30.3 Å². The minimum atomic E-state index is -1.75. The lowest BCUT2D eigenvalue weighted by atomic mass is 9.98. The number of phenols is 2. The van der Waals surface area contributed by atoms with E-state index in [0.717, 1.165) is 0 Å². The summed E-state index contributed by atoms with van der Waals surface area (Å²) in [5, 5.41) is 101. The molecule has 15 heteroatoms. The third-order valence-corrected chi connectivity index (χ3v) is 7.33. The van der Waals surface area contributed by atoms with Crippen molar-refractivity contribution in [3.8, 4) is 23.0 Å². The number of aromatic hydroxyl groups is 3. The summed E-state index contributed by atoms with van der Waals surface area (Å²) in [4.78, 5) is 0. The molecule has 3 aliphatic heterocycles. The molecule has 15 nitrogen and oxygen atoms in total. The van der Waals surface area contributed by atoms with Gasteiger partial charge in [-0.3, -0.25) is 0 Å². The van der Waals surface area contributed by atoms with Gasteiger partial charge >= 0.3 is 0 Å². The van der Waals surface area contributed by atoms with E-state index in [0.29, 0.717) is 5.56 Å². The molecule has 0 radical (unpaired) electrons. The molecule has 5 rings (SSSR count). The normalized spacial score (nSPS) is 36.4. The second kappa shape index (κ2) is 12.2. The van der Waals surface area contributed by atoms with E-state index in [-0.39, 0.29) is 34.3 Å². The largest absolute Gasteiger partial charge is 0.571 e. The van der Waals surface area contributed by atoms with Crippen molar-refractivity contribution in [3.05, 3.63) is 53.3 Å². The van der Waals surface area contributed by atoms with E-state index in [4.69, 9.17) is 18.9 Å². The zero-order valence-electron chi connectivity index (χ0n) is 21.9. The van der Waals surface area contributed by atoms with E-state index in [1.807, 2.05) is 0 Å². The lowest BCUT2D eigenvalue weighted by molar-refractivity contribution is -0.295. The van der Waals surface area contributed by atoms with Crippen LogP contribution < -0.4 is 4.74 Å². The second-order valence-electron chi connectivity index (χ2n) is 10.2. The molecular weight excluding hydrogens is 564 g/mol. The van der Waals surface area contributed by atoms with Gasteiger partial charge in [0.25, 0.3) is 11.9 Å². The van der Waals surface area contributed by atoms with Gasteiger partial charge in [-0.05, 0) is 24.3 Å². The van der Waals surface area contributed by atoms with Gasteiger partial charge in [0.1, 0.15) is 71.6 Å². The van der Waals surface area contributed by atoms with Crippen molar-refractivity contribution in [1.29, 1.82) is 0 Å². The van der Waals surface area contributed by atoms with E-state index < -0.39 is 80.7 Å². The maximum Gasteiger partial charge on any atom is 0.270 e. The summed E-state index contributed by atoms with van der Waals surface area (Å²) in [6.45, 7) is -1.38. The Bertz CT molecular complexity index is 1260. The Hall–Kier alpha value is -3.22. The van der Waals surface area contributed by atoms with Crippen LogP contribution in [0.25, 0.3) is 6.08 Å². The van der Waals surface area contributed by atoms with Gasteiger partial charge in [0, 0.05) is 12.1 Å². The maximum atomic E-state index is 10.6. The van der Waals surface area contributed by atoms with Crippen LogP contribution in [-0.2, 0) is 14.2 Å². The quantitative estimate of drug-likeness (QED) is 0.147. The third-order valence-electron chi connectivity index (χ3n) is 7.33. The SMILES string of the molecule is OC[C@H]1O[C@@H](OC2=Cc3c(O[C@@H]4O[C@H](CO)[C@@H](O)[C@H](O)[C@H]4O)cc(O)cc3[OH+]C2c2ccc(O)cc2)[C@H](O)[C@@H](O)[C@H]1O. The Labute approximate surface area is 238 Å². The van der Waals surface area contributed by atoms with E-state index in [9.17, 15) is 51.1 Å². The van der Waals surface area contributed by atoms with Crippen molar-refractivity contribution in [1.82, 2.24) is 0 Å². The van der Waals surface area contributed by atoms with Crippen molar-refractivity contribution in [2.45, 2.75) is 67.5 Å². The van der Waals surface area contributed by atoms with Gasteiger partial charge in [-0.25, -0.2) is 0 Å². The Balaban J connectivity index is 1.53. The molecule has 11 atom stereocenters. The highest BCUT2D eigenvalue weighted by atomic mass is 16.7. The minimum absolute atomic E-state index is 0.0156. The first-order valence-electron chi connectivity index (χ1n) is 13.0. The predicted octanol–water partition coefficient (Wildman–Crippen LogP) is -2.57. The number of phenolic OH excluding ortho intramolecular Hbond substituents is 2. The average molecular weight is 598 g/mol. The van der Waals surface area contributed by atoms with Gasteiger partial charge in [-0.1, -0.05) is 0 Å². The first-order valence-corrected chi connectivity index (χ1v) is 13.0. The standard InChI is InChI=1S/C27H32O15/c28-8-17-19(32)21(34)23(36)26(41-17)39-15-6-12(31)5-14-13(15)7-16(25(38-14)10-1-3-11(30)4-2-10)40-27-24(37)22(35)20(33)18(9-29)42-27/h1-7,17-37H,8-9H2/p+1/t17-,18-,19-,20+,21+,22+,23-,24-,25?,26-,27-/m1/s1. The number of aliphatic hydroxyl groups is 9. The lowest BCUT2D eigenvalue weighted by Crippen LogP contribution is -2.60. The molecule has 230 valence electrons. The number of aliphatic hydroxyl groups excluding tert-OH is 8. The maximum absolute atomic E-state index is 10.6. The smallest absolute Gasteiger partial charge is 0.270 e. The van der Waals surface area contributed by atoms with Gasteiger partial charge < -0.3 is 74.7 Å². The molecule has 42 heavy (non-hydrogen) atoms. The summed E-state index contributed by atoms with van der Waals surface area (Å²) < 4.78 is 27.3. The van der Waals surface area contributed by atoms with Gasteiger partial charge in [-0.2, -0.15) is 0 Å². The first-order chi connectivity index (χ1) is 20.0. The van der Waals surface area contributed by atoms with Crippen LogP contribution in [0.3, 0.4) is 0 Å². The number of benzene rings is 2. The molecule has 0 aliphatic carbocycles. The van der Waals surface area contributed by atoms with E-state index >= 15 is 0 Å². The van der Waals surface area contributed by atoms with Crippen LogP contribution in [0.1, 0.15) is 17.2 Å². The Morgan fingerprint density at radius 1 is 0.667 bits per heavy atom. The van der Waals surface area contributed by atoms with Gasteiger partial charge in [-0.15, -0.1) is 0 Å². The molecule has 0 aromatic heterocycles. The number of hydrogen-bond acceptors (Lipinski definition) is 14. The van der Waals surface area contributed by atoms with Crippen molar-refractivity contribution >= 4 is 6.08 Å². The third kappa shape index (κ3) is 5.71. The summed E-state index contributed by atoms with van der Waals surface area (Å²) in [7, 11) is 0. The van der Waals surface area contributed by atoms with Crippen LogP contribution in [-0.4, -0.2) is 130 Å². The molecule has 0 bridgehead atoms. The number of rotatable bonds is 7. The number of ether oxygens (including phenoxy) is 5. The van der Waals surface area contributed by atoms with Crippen LogP contribution in [0, 0.1) is 0 Å². The fraction of sp³-hybridized carbons (Fsp3) is 0.481. The van der Waals surface area contributed by atoms with Crippen LogP contribution in [0.5, 0.6) is 23.0 Å². The molecule has 1 unspecified atom stereocenters. The van der Waals surface area contributed by atoms with Crippen LogP contribution in [0.2, 0.25) is 0 Å². The molecule has 3 aliphatic rings. The molecule has 11 N–H and O–H groups in total. The molecule has 2 aromatic rings. The Kier molecular flexibility index (Phi) is 8.77. The first kappa shape index (κ1) is 30.2. The number of hydrogen-bond donors (Lipinski definition) is 10. The highest BCUT2D eigenvalue weighted by Crippen LogP contribution is 2.46. The second-order valence-corrected chi connectivity index (χ2v) is 10.2. The molecule has 2 fully saturated rings. The van der Waals surface area contributed by atoms with Crippen molar-refractivity contribution in [2.75, 3.05) is 13.2 Å². The summed E-state index contributed by atoms with van der Waals surface area (Å²) in [5.74, 6) is -0.246. The van der Waals surface area contributed by atoms with Crippen molar-refractivity contribution in [3.63, 3.8) is 0 Å². The monoisotopic (exact) mass is 597 g/mol. The van der Waals surface area contributed by atoms with Crippen molar-refractivity contribution < 1.29 is 74.7 Å². The lowest BCUT2D eigenvalue weighted by Gasteiger charge is -2.40. The summed E-state index contributed by atoms with van der Waals surface area (Å²) in [5.41, 5.74) is 0.674. The van der Waals surface area contributed by atoms with Crippen LogP contribution in [0.4, 0.5) is 0 Å². The highest BCUT2D eigenvalue weighted by molar-refractivity contribution is 5.69. The molecule has 0 saturated carbocycles. The minimum Gasteiger partial charge on any atom is -0.571 e. The van der Waals surface area contributed by atoms with Gasteiger partial charge in [0.2, 0.25) is 12.6 Å². The van der Waals surface area contributed by atoms with Gasteiger partial charge in [0.05, 0.1) is 24.8 Å². The topological polar surface area (TPSA) is 252 Å². The Morgan fingerprint density at radius 3 is 1.76 bits per heavy atom. The molecule has 0 amide bonds. The molecule has 3 heterocycles. The molecule has 2 aromatic carbocycles. The van der Waals surface area contributed by atoms with E-state index in [1.54, 1.807) is 12.1 Å². The summed E-state index contributed by atoms with van der Waals surface area (Å²) in [6.07, 6.45) is -15.4. The summed E-state index contributed by atoms with van der Waals surface area (Å²) in [6, 6.07) is 8.38. The average Bonchev–Trinajstić information content (AvgIpc) is 2.98. The van der Waals surface area contributed by atoms with E-state index in [2.05, 4.69) is 4.74 Å². The van der Waals surface area contributed by atoms with Crippen LogP contribution >= 0.6 is 0 Å². The van der Waals surface area contributed by atoms with Crippen molar-refractivity contribution in [2.24, 2.45) is 0 Å². The predicted molar refractivity (Wildman–Crippen MR) is 138 cm³/mol. The highest BCUT2D eigenvalue weighted by Gasteiger charge is 2.48. The summed E-state index contributed by atoms with van der Waals surface area (Å²) >= 11 is 0. The zero-order valence-corrected chi connectivity index (χ0v) is 21.9. The molecule has 0 spiro atoms. The fourth-order valence-corrected chi connectivity index (χ4v) is 4.95. The zero-order chi connectivity index (χ0) is 30.3. The fourth-order valence-electron chi connectivity index (χ4n) is 4.95. The Morgan fingerprint density at radius 2 is 1.21 bits per heavy atom. The molecular formula is C27H33O15+. The van der Waals surface area contributed by atoms with Gasteiger partial charge in [0.15, 0.2) is 5.76 Å². The number of fused-ring (bicyclic) bond motifs is 1.